The van der Waals surface area contributed by atoms with E-state index in [0.29, 0.717) is 5.92 Å². The molecule has 0 aromatic heterocycles. The van der Waals surface area contributed by atoms with E-state index in [2.05, 4.69) is 53.8 Å². The van der Waals surface area contributed by atoms with Crippen LogP contribution in [0.2, 0.25) is 0 Å². The van der Waals surface area contributed by atoms with E-state index in [0.717, 1.165) is 18.5 Å². The summed E-state index contributed by atoms with van der Waals surface area (Å²) in [7, 11) is 1.93. The second kappa shape index (κ2) is 5.06. The van der Waals surface area contributed by atoms with Crippen LogP contribution in [0, 0.1) is 0 Å². The van der Waals surface area contributed by atoms with Crippen LogP contribution in [0.15, 0.2) is 48.5 Å². The van der Waals surface area contributed by atoms with Crippen LogP contribution in [0.4, 0.5) is 5.69 Å². The van der Waals surface area contributed by atoms with Gasteiger partial charge in [0.05, 0.1) is 6.10 Å². The van der Waals surface area contributed by atoms with Crippen LogP contribution in [-0.4, -0.2) is 18.3 Å². The summed E-state index contributed by atoms with van der Waals surface area (Å²) in [5.41, 5.74) is 4.94. The van der Waals surface area contributed by atoms with Gasteiger partial charge >= 0.3 is 0 Å². The van der Waals surface area contributed by atoms with Crippen molar-refractivity contribution in [2.24, 2.45) is 0 Å². The van der Waals surface area contributed by atoms with Crippen molar-refractivity contribution in [3.8, 4) is 11.1 Å². The summed E-state index contributed by atoms with van der Waals surface area (Å²) < 4.78 is 0. The van der Waals surface area contributed by atoms with E-state index >= 15 is 0 Å². The molecule has 2 nitrogen and oxygen atoms in total. The fraction of sp³-hybridized carbons (Fsp3) is 0.294. The Hall–Kier alpha value is -1.80. The van der Waals surface area contributed by atoms with Crippen molar-refractivity contribution >= 4 is 5.69 Å². The van der Waals surface area contributed by atoms with E-state index in [1.54, 1.807) is 0 Å². The van der Waals surface area contributed by atoms with E-state index in [1.165, 1.54) is 16.7 Å². The molecule has 0 bridgehead atoms. The number of anilines is 1. The molecule has 0 unspecified atom stereocenters. The number of aliphatic hydroxyl groups excluding tert-OH is 1. The lowest BCUT2D eigenvalue weighted by Gasteiger charge is -2.31. The highest BCUT2D eigenvalue weighted by molar-refractivity contribution is 5.68. The largest absolute Gasteiger partial charge is 0.393 e. The fourth-order valence-corrected chi connectivity index (χ4v) is 2.66. The average molecular weight is 253 g/mol. The first-order valence-electron chi connectivity index (χ1n) is 6.82. The maximum absolute atomic E-state index is 9.36. The second-order valence-corrected chi connectivity index (χ2v) is 5.27. The Bertz CT molecular complexity index is 556. The lowest BCUT2D eigenvalue weighted by molar-refractivity contribution is 0.0746. The minimum absolute atomic E-state index is 0.0861. The van der Waals surface area contributed by atoms with Gasteiger partial charge < -0.3 is 10.4 Å². The molecule has 2 N–H and O–H groups in total. The number of benzene rings is 2. The minimum Gasteiger partial charge on any atom is -0.393 e. The number of rotatable bonds is 3. The van der Waals surface area contributed by atoms with Crippen LogP contribution in [0.25, 0.3) is 11.1 Å². The van der Waals surface area contributed by atoms with Gasteiger partial charge in [-0.15, -0.1) is 0 Å². The highest BCUT2D eigenvalue weighted by Gasteiger charge is 2.28. The van der Waals surface area contributed by atoms with Crippen molar-refractivity contribution in [1.29, 1.82) is 0 Å². The molecule has 0 radical (unpaired) electrons. The van der Waals surface area contributed by atoms with E-state index in [4.69, 9.17) is 0 Å². The first-order chi connectivity index (χ1) is 9.26. The molecular weight excluding hydrogens is 234 g/mol. The van der Waals surface area contributed by atoms with Crippen LogP contribution >= 0.6 is 0 Å². The SMILES string of the molecule is CNc1cccc(-c2ccc(C3CC(O)C3)cc2)c1. The fourth-order valence-electron chi connectivity index (χ4n) is 2.66. The molecule has 1 fully saturated rings. The van der Waals surface area contributed by atoms with Gasteiger partial charge in [0.1, 0.15) is 0 Å². The van der Waals surface area contributed by atoms with Crippen molar-refractivity contribution in [3.63, 3.8) is 0 Å². The summed E-state index contributed by atoms with van der Waals surface area (Å²) >= 11 is 0. The van der Waals surface area contributed by atoms with E-state index in [-0.39, 0.29) is 6.10 Å². The summed E-state index contributed by atoms with van der Waals surface area (Å²) in [6.07, 6.45) is 1.74. The predicted molar refractivity (Wildman–Crippen MR) is 79.4 cm³/mol. The molecule has 0 saturated heterocycles. The molecule has 2 heteroatoms. The zero-order valence-corrected chi connectivity index (χ0v) is 11.1. The number of aliphatic hydroxyl groups is 1. The number of nitrogens with one attached hydrogen (secondary N) is 1. The summed E-state index contributed by atoms with van der Waals surface area (Å²) in [6.45, 7) is 0. The third kappa shape index (κ3) is 2.49. The molecule has 1 saturated carbocycles. The second-order valence-electron chi connectivity index (χ2n) is 5.27. The molecule has 0 aliphatic heterocycles. The van der Waals surface area contributed by atoms with Gasteiger partial charge in [0.2, 0.25) is 0 Å². The molecule has 2 aromatic carbocycles. The van der Waals surface area contributed by atoms with Crippen molar-refractivity contribution in [2.75, 3.05) is 12.4 Å². The number of hydrogen-bond acceptors (Lipinski definition) is 2. The molecule has 1 aliphatic rings. The lowest BCUT2D eigenvalue weighted by Crippen LogP contribution is -2.26. The van der Waals surface area contributed by atoms with Crippen molar-refractivity contribution in [3.05, 3.63) is 54.1 Å². The third-order valence-corrected chi connectivity index (χ3v) is 3.98. The average Bonchev–Trinajstić information content (AvgIpc) is 2.44. The maximum atomic E-state index is 9.36. The van der Waals surface area contributed by atoms with Crippen LogP contribution in [0.5, 0.6) is 0 Å². The summed E-state index contributed by atoms with van der Waals surface area (Å²) in [6, 6.07) is 17.1. The van der Waals surface area contributed by atoms with Gasteiger partial charge in [0, 0.05) is 12.7 Å². The first kappa shape index (κ1) is 12.2. The summed E-state index contributed by atoms with van der Waals surface area (Å²) in [4.78, 5) is 0. The van der Waals surface area contributed by atoms with Gasteiger partial charge in [-0.05, 0) is 47.6 Å². The van der Waals surface area contributed by atoms with E-state index in [1.807, 2.05) is 7.05 Å². The standard InChI is InChI=1S/C17H19NO/c1-18-16-4-2-3-14(9-16)12-5-7-13(8-6-12)15-10-17(19)11-15/h2-9,15,17-19H,10-11H2,1H3. The quantitative estimate of drug-likeness (QED) is 0.875. The zero-order chi connectivity index (χ0) is 13.2. The van der Waals surface area contributed by atoms with Gasteiger partial charge in [-0.3, -0.25) is 0 Å². The minimum atomic E-state index is -0.0861. The topological polar surface area (TPSA) is 32.3 Å². The molecule has 98 valence electrons. The highest BCUT2D eigenvalue weighted by Crippen LogP contribution is 2.37. The Kier molecular flexibility index (Phi) is 3.26. The van der Waals surface area contributed by atoms with Crippen molar-refractivity contribution < 1.29 is 5.11 Å². The zero-order valence-electron chi connectivity index (χ0n) is 11.1. The van der Waals surface area contributed by atoms with Crippen molar-refractivity contribution in [2.45, 2.75) is 24.9 Å². The maximum Gasteiger partial charge on any atom is 0.0552 e. The van der Waals surface area contributed by atoms with Crippen LogP contribution in [-0.2, 0) is 0 Å². The monoisotopic (exact) mass is 253 g/mol. The third-order valence-electron chi connectivity index (χ3n) is 3.98. The van der Waals surface area contributed by atoms with Gasteiger partial charge in [0.25, 0.3) is 0 Å². The van der Waals surface area contributed by atoms with Crippen LogP contribution in [0.3, 0.4) is 0 Å². The molecule has 2 aromatic rings. The Morgan fingerprint density at radius 3 is 2.37 bits per heavy atom. The highest BCUT2D eigenvalue weighted by atomic mass is 16.3. The predicted octanol–water partition coefficient (Wildman–Crippen LogP) is 3.63. The molecular formula is C17H19NO. The Morgan fingerprint density at radius 1 is 1.00 bits per heavy atom. The van der Waals surface area contributed by atoms with Crippen molar-refractivity contribution in [1.82, 2.24) is 0 Å². The molecule has 3 rings (SSSR count). The molecule has 1 aliphatic carbocycles. The number of hydrogen-bond donors (Lipinski definition) is 2. The normalized spacial score (nSPS) is 21.8. The van der Waals surface area contributed by atoms with Gasteiger partial charge in [0.15, 0.2) is 0 Å². The van der Waals surface area contributed by atoms with Crippen LogP contribution in [0.1, 0.15) is 24.3 Å². The molecule has 0 atom stereocenters. The van der Waals surface area contributed by atoms with Gasteiger partial charge in [-0.2, -0.15) is 0 Å². The molecule has 0 amide bonds. The molecule has 0 heterocycles. The van der Waals surface area contributed by atoms with E-state index in [9.17, 15) is 5.11 Å². The molecule has 19 heavy (non-hydrogen) atoms. The van der Waals surface area contributed by atoms with E-state index < -0.39 is 0 Å². The Labute approximate surface area is 114 Å². The summed E-state index contributed by atoms with van der Waals surface area (Å²) in [5.74, 6) is 0.549. The van der Waals surface area contributed by atoms with Crippen LogP contribution < -0.4 is 5.32 Å². The smallest absolute Gasteiger partial charge is 0.0552 e. The van der Waals surface area contributed by atoms with Gasteiger partial charge in [-0.1, -0.05) is 36.4 Å². The van der Waals surface area contributed by atoms with Gasteiger partial charge in [-0.25, -0.2) is 0 Å². The lowest BCUT2D eigenvalue weighted by atomic mass is 9.77. The Morgan fingerprint density at radius 2 is 1.74 bits per heavy atom. The first-order valence-corrected chi connectivity index (χ1v) is 6.82. The molecule has 0 spiro atoms. The summed E-state index contributed by atoms with van der Waals surface area (Å²) in [5, 5.41) is 12.5. The Balaban J connectivity index is 1.81.